The van der Waals surface area contributed by atoms with Crippen LogP contribution in [0, 0.1) is 0 Å². The zero-order chi connectivity index (χ0) is 13.5. The minimum atomic E-state index is -0.207. The summed E-state index contributed by atoms with van der Waals surface area (Å²) in [5.41, 5.74) is 1.61. The molecule has 0 spiro atoms. The van der Waals surface area contributed by atoms with Crippen LogP contribution in [-0.4, -0.2) is 12.5 Å². The largest absolute Gasteiger partial charge is 0.484 e. The number of alkyl halides is 1. The molecule has 98 valence electrons. The molecule has 0 saturated heterocycles. The molecule has 2 aromatic carbocycles. The van der Waals surface area contributed by atoms with Crippen molar-refractivity contribution in [2.75, 3.05) is 11.9 Å². The molecule has 2 rings (SSSR count). The molecule has 4 heteroatoms. The SMILES string of the molecule is O=C(COc1ccccc1)Nc1ccccc1CCl. The lowest BCUT2D eigenvalue weighted by atomic mass is 10.2. The molecule has 3 nitrogen and oxygen atoms in total. The molecule has 0 heterocycles. The molecule has 0 atom stereocenters. The molecule has 0 aliphatic carbocycles. The Balaban J connectivity index is 1.91. The molecule has 0 saturated carbocycles. The van der Waals surface area contributed by atoms with Crippen LogP contribution in [0.25, 0.3) is 0 Å². The fourth-order valence-corrected chi connectivity index (χ4v) is 1.84. The number of anilines is 1. The van der Waals surface area contributed by atoms with Gasteiger partial charge in [0, 0.05) is 11.6 Å². The Kier molecular flexibility index (Phi) is 4.81. The Morgan fingerprint density at radius 1 is 1.05 bits per heavy atom. The van der Waals surface area contributed by atoms with Gasteiger partial charge in [0.25, 0.3) is 5.91 Å². The standard InChI is InChI=1S/C15H14ClNO2/c16-10-12-6-4-5-9-14(12)17-15(18)11-19-13-7-2-1-3-8-13/h1-9H,10-11H2,(H,17,18). The average Bonchev–Trinajstić information content (AvgIpc) is 2.47. The summed E-state index contributed by atoms with van der Waals surface area (Å²) in [6.07, 6.45) is 0. The number of hydrogen-bond acceptors (Lipinski definition) is 2. The first-order valence-corrected chi connectivity index (χ1v) is 6.44. The summed E-state index contributed by atoms with van der Waals surface area (Å²) in [5, 5.41) is 2.78. The number of halogens is 1. The van der Waals surface area contributed by atoms with Crippen molar-refractivity contribution in [2.24, 2.45) is 0 Å². The summed E-state index contributed by atoms with van der Waals surface area (Å²) < 4.78 is 5.37. The number of ether oxygens (including phenoxy) is 1. The van der Waals surface area contributed by atoms with Gasteiger partial charge in [-0.3, -0.25) is 4.79 Å². The number of nitrogens with one attached hydrogen (secondary N) is 1. The molecule has 0 radical (unpaired) electrons. The third kappa shape index (κ3) is 4.00. The molecule has 1 amide bonds. The van der Waals surface area contributed by atoms with Gasteiger partial charge in [0.1, 0.15) is 5.75 Å². The van der Waals surface area contributed by atoms with E-state index in [2.05, 4.69) is 5.32 Å². The van der Waals surface area contributed by atoms with E-state index in [9.17, 15) is 4.79 Å². The van der Waals surface area contributed by atoms with Crippen LogP contribution in [0.4, 0.5) is 5.69 Å². The van der Waals surface area contributed by atoms with Crippen molar-refractivity contribution in [1.82, 2.24) is 0 Å². The van der Waals surface area contributed by atoms with E-state index in [0.717, 1.165) is 11.3 Å². The second-order valence-electron chi connectivity index (χ2n) is 3.94. The summed E-state index contributed by atoms with van der Waals surface area (Å²) >= 11 is 5.81. The van der Waals surface area contributed by atoms with Crippen molar-refractivity contribution in [1.29, 1.82) is 0 Å². The molecule has 0 aromatic heterocycles. The van der Waals surface area contributed by atoms with E-state index in [1.165, 1.54) is 0 Å². The predicted octanol–water partition coefficient (Wildman–Crippen LogP) is 3.44. The second kappa shape index (κ2) is 6.81. The molecule has 19 heavy (non-hydrogen) atoms. The Labute approximate surface area is 117 Å². The minimum Gasteiger partial charge on any atom is -0.484 e. The number of amides is 1. The van der Waals surface area contributed by atoms with E-state index in [1.807, 2.05) is 42.5 Å². The first-order valence-electron chi connectivity index (χ1n) is 5.91. The molecule has 2 aromatic rings. The summed E-state index contributed by atoms with van der Waals surface area (Å²) in [4.78, 5) is 11.8. The van der Waals surface area contributed by atoms with Gasteiger partial charge >= 0.3 is 0 Å². The normalized spacial score (nSPS) is 9.95. The zero-order valence-electron chi connectivity index (χ0n) is 10.3. The van der Waals surface area contributed by atoms with E-state index in [0.29, 0.717) is 11.6 Å². The Morgan fingerprint density at radius 3 is 2.47 bits per heavy atom. The van der Waals surface area contributed by atoms with Gasteiger partial charge in [-0.2, -0.15) is 0 Å². The number of rotatable bonds is 5. The van der Waals surface area contributed by atoms with E-state index in [-0.39, 0.29) is 12.5 Å². The number of benzene rings is 2. The highest BCUT2D eigenvalue weighted by atomic mass is 35.5. The maximum atomic E-state index is 11.8. The summed E-state index contributed by atoms with van der Waals surface area (Å²) in [5.74, 6) is 0.820. The van der Waals surface area contributed by atoms with Gasteiger partial charge in [0.15, 0.2) is 6.61 Å². The van der Waals surface area contributed by atoms with Crippen LogP contribution in [-0.2, 0) is 10.7 Å². The van der Waals surface area contributed by atoms with Crippen LogP contribution in [0.2, 0.25) is 0 Å². The van der Waals surface area contributed by atoms with Crippen molar-refractivity contribution in [2.45, 2.75) is 5.88 Å². The van der Waals surface area contributed by atoms with E-state index in [1.54, 1.807) is 12.1 Å². The summed E-state index contributed by atoms with van der Waals surface area (Å²) in [6, 6.07) is 16.6. The minimum absolute atomic E-state index is 0.0271. The molecular weight excluding hydrogens is 262 g/mol. The maximum Gasteiger partial charge on any atom is 0.262 e. The third-order valence-corrected chi connectivity index (χ3v) is 2.84. The lowest BCUT2D eigenvalue weighted by Gasteiger charge is -2.10. The van der Waals surface area contributed by atoms with Crippen LogP contribution < -0.4 is 10.1 Å². The Morgan fingerprint density at radius 2 is 1.74 bits per heavy atom. The lowest BCUT2D eigenvalue weighted by molar-refractivity contribution is -0.118. The molecule has 0 fully saturated rings. The average molecular weight is 276 g/mol. The van der Waals surface area contributed by atoms with Crippen LogP contribution in [0.3, 0.4) is 0 Å². The second-order valence-corrected chi connectivity index (χ2v) is 4.21. The van der Waals surface area contributed by atoms with Gasteiger partial charge in [0.05, 0.1) is 0 Å². The number of carbonyl (C=O) groups excluding carboxylic acids is 1. The van der Waals surface area contributed by atoms with Gasteiger partial charge in [-0.05, 0) is 23.8 Å². The number of carbonyl (C=O) groups is 1. The maximum absolute atomic E-state index is 11.8. The Bertz CT molecular complexity index is 543. The third-order valence-electron chi connectivity index (χ3n) is 2.55. The van der Waals surface area contributed by atoms with Gasteiger partial charge < -0.3 is 10.1 Å². The molecule has 0 bridgehead atoms. The fraction of sp³-hybridized carbons (Fsp3) is 0.133. The van der Waals surface area contributed by atoms with Gasteiger partial charge in [-0.15, -0.1) is 11.6 Å². The van der Waals surface area contributed by atoms with Crippen molar-refractivity contribution >= 4 is 23.2 Å². The molecule has 1 N–H and O–H groups in total. The van der Waals surface area contributed by atoms with Gasteiger partial charge in [0.2, 0.25) is 0 Å². The number of para-hydroxylation sites is 2. The molecular formula is C15H14ClNO2. The zero-order valence-corrected chi connectivity index (χ0v) is 11.1. The van der Waals surface area contributed by atoms with Gasteiger partial charge in [-0.25, -0.2) is 0 Å². The van der Waals surface area contributed by atoms with E-state index < -0.39 is 0 Å². The lowest BCUT2D eigenvalue weighted by Crippen LogP contribution is -2.20. The topological polar surface area (TPSA) is 38.3 Å². The first kappa shape index (κ1) is 13.4. The quantitative estimate of drug-likeness (QED) is 0.849. The fourth-order valence-electron chi connectivity index (χ4n) is 1.61. The highest BCUT2D eigenvalue weighted by Crippen LogP contribution is 2.17. The summed E-state index contributed by atoms with van der Waals surface area (Å²) in [7, 11) is 0. The predicted molar refractivity (Wildman–Crippen MR) is 76.6 cm³/mol. The van der Waals surface area contributed by atoms with Gasteiger partial charge in [-0.1, -0.05) is 36.4 Å². The van der Waals surface area contributed by atoms with Crippen molar-refractivity contribution < 1.29 is 9.53 Å². The Hall–Kier alpha value is -2.00. The van der Waals surface area contributed by atoms with Crippen LogP contribution in [0.1, 0.15) is 5.56 Å². The highest BCUT2D eigenvalue weighted by Gasteiger charge is 2.06. The monoisotopic (exact) mass is 275 g/mol. The summed E-state index contributed by atoms with van der Waals surface area (Å²) in [6.45, 7) is -0.0271. The highest BCUT2D eigenvalue weighted by molar-refractivity contribution is 6.17. The number of hydrogen-bond donors (Lipinski definition) is 1. The first-order chi connectivity index (χ1) is 9.29. The molecule has 0 aliphatic heterocycles. The van der Waals surface area contributed by atoms with Crippen molar-refractivity contribution in [3.05, 3.63) is 60.2 Å². The van der Waals surface area contributed by atoms with Crippen molar-refractivity contribution in [3.8, 4) is 5.75 Å². The van der Waals surface area contributed by atoms with E-state index >= 15 is 0 Å². The van der Waals surface area contributed by atoms with E-state index in [4.69, 9.17) is 16.3 Å². The van der Waals surface area contributed by atoms with Crippen LogP contribution in [0.15, 0.2) is 54.6 Å². The smallest absolute Gasteiger partial charge is 0.262 e. The van der Waals surface area contributed by atoms with Crippen molar-refractivity contribution in [3.63, 3.8) is 0 Å². The van der Waals surface area contributed by atoms with Crippen LogP contribution >= 0.6 is 11.6 Å². The molecule has 0 unspecified atom stereocenters. The molecule has 0 aliphatic rings. The van der Waals surface area contributed by atoms with Crippen LogP contribution in [0.5, 0.6) is 5.75 Å².